The van der Waals surface area contributed by atoms with Crippen LogP contribution < -0.4 is 9.46 Å². The summed E-state index contributed by atoms with van der Waals surface area (Å²) >= 11 is 0.967. The van der Waals surface area contributed by atoms with Crippen molar-refractivity contribution in [3.63, 3.8) is 0 Å². The zero-order valence-corrected chi connectivity index (χ0v) is 14.2. The van der Waals surface area contributed by atoms with Gasteiger partial charge in [0.25, 0.3) is 10.0 Å². The molecular weight excluding hydrogens is 338 g/mol. The molecule has 8 nitrogen and oxygen atoms in total. The number of ether oxygens (including phenoxy) is 1. The molecule has 120 valence electrons. The van der Waals surface area contributed by atoms with Crippen molar-refractivity contribution in [1.82, 2.24) is 18.7 Å². The zero-order chi connectivity index (χ0) is 16.6. The average Bonchev–Trinajstić information content (AvgIpc) is 2.98. The Morgan fingerprint density at radius 3 is 2.48 bits per heavy atom. The summed E-state index contributed by atoms with van der Waals surface area (Å²) in [6.45, 7) is 3.36. The van der Waals surface area contributed by atoms with Crippen LogP contribution in [-0.4, -0.2) is 34.2 Å². The number of hydrogen-bond acceptors (Lipinski definition) is 8. The fourth-order valence-electron chi connectivity index (χ4n) is 2.11. The number of nitrogens with zero attached hydrogens (tertiary/aromatic N) is 4. The van der Waals surface area contributed by atoms with Gasteiger partial charge >= 0.3 is 6.01 Å². The summed E-state index contributed by atoms with van der Waals surface area (Å²) in [5, 5.41) is 0. The molecule has 2 aromatic heterocycles. The van der Waals surface area contributed by atoms with Gasteiger partial charge in [0.05, 0.1) is 35.9 Å². The van der Waals surface area contributed by atoms with E-state index in [4.69, 9.17) is 4.74 Å². The van der Waals surface area contributed by atoms with Crippen LogP contribution in [0.4, 0.5) is 5.69 Å². The first-order valence-electron chi connectivity index (χ1n) is 6.55. The molecule has 3 rings (SSSR count). The maximum atomic E-state index is 12.7. The van der Waals surface area contributed by atoms with Gasteiger partial charge in [-0.3, -0.25) is 4.72 Å². The number of fused-ring (bicyclic) bond motifs is 1. The number of sulfonamides is 1. The second kappa shape index (κ2) is 5.70. The summed E-state index contributed by atoms with van der Waals surface area (Å²) in [5.74, 6) is 0. The van der Waals surface area contributed by atoms with Crippen LogP contribution in [0.1, 0.15) is 11.4 Å². The van der Waals surface area contributed by atoms with E-state index in [1.165, 1.54) is 13.2 Å². The van der Waals surface area contributed by atoms with E-state index >= 15 is 0 Å². The number of aryl methyl sites for hydroxylation is 2. The third-order valence-electron chi connectivity index (χ3n) is 3.21. The third-order valence-corrected chi connectivity index (χ3v) is 5.13. The van der Waals surface area contributed by atoms with Crippen LogP contribution in [0, 0.1) is 13.8 Å². The lowest BCUT2D eigenvalue weighted by Gasteiger charge is -2.13. The van der Waals surface area contributed by atoms with Crippen LogP contribution >= 0.6 is 11.7 Å². The number of methoxy groups -OCH3 is 1. The van der Waals surface area contributed by atoms with E-state index in [-0.39, 0.29) is 10.9 Å². The molecule has 0 saturated heterocycles. The Labute approximate surface area is 136 Å². The molecule has 0 aliphatic heterocycles. The fourth-order valence-corrected chi connectivity index (χ4v) is 4.06. The van der Waals surface area contributed by atoms with Gasteiger partial charge in [0, 0.05) is 0 Å². The largest absolute Gasteiger partial charge is 0.467 e. The van der Waals surface area contributed by atoms with Crippen LogP contribution in [0.25, 0.3) is 11.0 Å². The Bertz CT molecular complexity index is 961. The van der Waals surface area contributed by atoms with Crippen LogP contribution in [-0.2, 0) is 10.0 Å². The Morgan fingerprint density at radius 2 is 1.83 bits per heavy atom. The van der Waals surface area contributed by atoms with Gasteiger partial charge in [0.2, 0.25) is 0 Å². The predicted octanol–water partition coefficient (Wildman–Crippen LogP) is 1.91. The molecule has 0 fully saturated rings. The van der Waals surface area contributed by atoms with Gasteiger partial charge < -0.3 is 4.74 Å². The zero-order valence-electron chi connectivity index (χ0n) is 12.6. The van der Waals surface area contributed by atoms with E-state index in [1.807, 2.05) is 0 Å². The summed E-state index contributed by atoms with van der Waals surface area (Å²) in [6, 6.07) is 5.02. The highest BCUT2D eigenvalue weighted by molar-refractivity contribution is 7.93. The molecule has 23 heavy (non-hydrogen) atoms. The maximum absolute atomic E-state index is 12.7. The number of nitrogens with one attached hydrogen (secondary N) is 1. The Hall–Kier alpha value is -2.33. The molecule has 0 aliphatic carbocycles. The summed E-state index contributed by atoms with van der Waals surface area (Å²) < 4.78 is 41.0. The molecule has 1 N–H and O–H groups in total. The van der Waals surface area contributed by atoms with E-state index in [1.54, 1.807) is 26.0 Å². The van der Waals surface area contributed by atoms with Crippen molar-refractivity contribution < 1.29 is 13.2 Å². The third kappa shape index (κ3) is 2.82. The average molecular weight is 351 g/mol. The topological polar surface area (TPSA) is 107 Å². The number of hydrogen-bond donors (Lipinski definition) is 1. The van der Waals surface area contributed by atoms with Crippen LogP contribution in [0.2, 0.25) is 0 Å². The van der Waals surface area contributed by atoms with Crippen molar-refractivity contribution in [1.29, 1.82) is 0 Å². The van der Waals surface area contributed by atoms with Crippen LogP contribution in [0.3, 0.4) is 0 Å². The van der Waals surface area contributed by atoms with E-state index in [0.29, 0.717) is 28.1 Å². The lowest BCUT2D eigenvalue weighted by Crippen LogP contribution is -2.16. The second-order valence-electron chi connectivity index (χ2n) is 4.75. The number of aromatic nitrogens is 4. The van der Waals surface area contributed by atoms with Gasteiger partial charge in [0.15, 0.2) is 0 Å². The van der Waals surface area contributed by atoms with Crippen LogP contribution in [0.15, 0.2) is 23.1 Å². The highest BCUT2D eigenvalue weighted by Gasteiger charge is 2.22. The SMILES string of the molecule is COc1nc(C)c(NS(=O)(=O)c2cccc3nsnc23)c(C)n1. The minimum Gasteiger partial charge on any atom is -0.467 e. The van der Waals surface area contributed by atoms with Gasteiger partial charge in [-0.25, -0.2) is 8.42 Å². The summed E-state index contributed by atoms with van der Waals surface area (Å²) in [7, 11) is -2.39. The van der Waals surface area contributed by atoms with Crippen molar-refractivity contribution in [2.75, 3.05) is 11.8 Å². The molecule has 10 heteroatoms. The molecule has 0 unspecified atom stereocenters. The number of benzene rings is 1. The molecule has 3 aromatic rings. The Morgan fingerprint density at radius 1 is 1.13 bits per heavy atom. The normalized spacial score (nSPS) is 11.6. The van der Waals surface area contributed by atoms with Crippen LogP contribution in [0.5, 0.6) is 6.01 Å². The van der Waals surface area contributed by atoms with Gasteiger partial charge in [-0.1, -0.05) is 6.07 Å². The first kappa shape index (κ1) is 15.6. The van der Waals surface area contributed by atoms with Gasteiger partial charge in [-0.05, 0) is 26.0 Å². The van der Waals surface area contributed by atoms with Gasteiger partial charge in [-0.2, -0.15) is 18.7 Å². The van der Waals surface area contributed by atoms with Crippen molar-refractivity contribution in [3.05, 3.63) is 29.6 Å². The predicted molar refractivity (Wildman–Crippen MR) is 86.3 cm³/mol. The van der Waals surface area contributed by atoms with Gasteiger partial charge in [-0.15, -0.1) is 0 Å². The first-order chi connectivity index (χ1) is 10.9. The van der Waals surface area contributed by atoms with E-state index in [0.717, 1.165) is 11.7 Å². The Balaban J connectivity index is 2.07. The first-order valence-corrected chi connectivity index (χ1v) is 8.77. The van der Waals surface area contributed by atoms with E-state index < -0.39 is 10.0 Å². The monoisotopic (exact) mass is 351 g/mol. The van der Waals surface area contributed by atoms with Crippen molar-refractivity contribution in [3.8, 4) is 6.01 Å². The Kier molecular flexibility index (Phi) is 3.86. The second-order valence-corrected chi connectivity index (χ2v) is 6.93. The number of anilines is 1. The summed E-state index contributed by atoms with van der Waals surface area (Å²) in [5.41, 5.74) is 2.15. The standard InChI is InChI=1S/C13H13N5O3S2/c1-7-11(8(2)15-13(14-7)21-3)18-23(19,20)10-6-4-5-9-12(10)17-22-16-9/h4-6,18H,1-3H3. The molecule has 0 atom stereocenters. The summed E-state index contributed by atoms with van der Waals surface area (Å²) in [4.78, 5) is 8.26. The lowest BCUT2D eigenvalue weighted by molar-refractivity contribution is 0.378. The molecular formula is C13H13N5O3S2. The maximum Gasteiger partial charge on any atom is 0.316 e. The summed E-state index contributed by atoms with van der Waals surface area (Å²) in [6.07, 6.45) is 0. The van der Waals surface area contributed by atoms with Crippen molar-refractivity contribution >= 4 is 38.5 Å². The highest BCUT2D eigenvalue weighted by Crippen LogP contribution is 2.26. The molecule has 1 aromatic carbocycles. The fraction of sp³-hybridized carbons (Fsp3) is 0.231. The van der Waals surface area contributed by atoms with Crippen molar-refractivity contribution in [2.24, 2.45) is 0 Å². The molecule has 0 saturated carbocycles. The molecule has 0 spiro atoms. The quantitative estimate of drug-likeness (QED) is 0.765. The minimum atomic E-state index is -3.84. The highest BCUT2D eigenvalue weighted by atomic mass is 32.2. The van der Waals surface area contributed by atoms with Gasteiger partial charge in [0.1, 0.15) is 15.9 Å². The molecule has 0 radical (unpaired) electrons. The van der Waals surface area contributed by atoms with E-state index in [2.05, 4.69) is 23.4 Å². The lowest BCUT2D eigenvalue weighted by atomic mass is 10.3. The molecule has 0 bridgehead atoms. The molecule has 0 amide bonds. The molecule has 2 heterocycles. The molecule has 0 aliphatic rings. The van der Waals surface area contributed by atoms with E-state index in [9.17, 15) is 8.42 Å². The van der Waals surface area contributed by atoms with Crippen molar-refractivity contribution in [2.45, 2.75) is 18.7 Å². The smallest absolute Gasteiger partial charge is 0.316 e. The minimum absolute atomic E-state index is 0.0679. The number of rotatable bonds is 4.